The Kier molecular flexibility index (Phi) is 16.9. The predicted molar refractivity (Wildman–Crippen MR) is 252 cm³/mol. The standard InChI is InChI=1S/C49H46BrN8O9P/c1-7-8-9-10-11-12-13-14-15-16-34(3)65-23-24-66-68(63,64)67-31-38(60)19-22-44-51-28-37(29-52-44)36-18-20-40-39(25-36)46(35(4)59)55-57(40)30-45(61)58-41(26-49(27-42(49)58)32-56(5)6)48(62)54-47-33(2)17-21-43(50)53-47/h17-18,20-21,25,28-29,41-42H,1,19,22-24,26-27,30-32H2,2-6H3,(H,63,64)(H,53,54,62)/t41-,42+,49-/m0/s1. The van der Waals surface area contributed by atoms with E-state index in [4.69, 9.17) is 13.8 Å². The number of nitrogens with one attached hydrogen (secondary N) is 1. The lowest BCUT2D eigenvalue weighted by Crippen LogP contribution is -2.47. The highest BCUT2D eigenvalue weighted by Gasteiger charge is 2.67. The SMILES string of the molecule is C=C=C=C=C=C=C=C=C=C=C=C(C)OCCOP(=O)(O)OCC(=O)CCc1ncc(-c2ccc3c(c2)c(C(C)=O)nn3CC(=O)N2[C@H](C(=O)Nc3nc(Br)ccc3C)C[C@@]3(CN(C)C)C[C@@H]23)cn1. The molecule has 1 saturated carbocycles. The van der Waals surface area contributed by atoms with Crippen molar-refractivity contribution in [1.29, 1.82) is 0 Å². The number of fused-ring (bicyclic) bond motifs is 2. The number of ether oxygens (including phenoxy) is 1. The summed E-state index contributed by atoms with van der Waals surface area (Å²) in [5, 5.41) is 8.06. The quantitative estimate of drug-likeness (QED) is 0.0258. The lowest BCUT2D eigenvalue weighted by Gasteiger charge is -2.27. The normalized spacial score (nSPS) is 17.2. The van der Waals surface area contributed by atoms with E-state index in [2.05, 4.69) is 110 Å². The van der Waals surface area contributed by atoms with Crippen molar-refractivity contribution in [1.82, 2.24) is 34.5 Å². The number of hydrogen-bond acceptors (Lipinski definition) is 13. The fourth-order valence-corrected chi connectivity index (χ4v) is 8.73. The van der Waals surface area contributed by atoms with Crippen molar-refractivity contribution in [3.05, 3.63) is 134 Å². The highest BCUT2D eigenvalue weighted by atomic mass is 79.9. The molecular weight excluding hydrogens is 955 g/mol. The van der Waals surface area contributed by atoms with Crippen LogP contribution in [0, 0.1) is 12.3 Å². The first-order chi connectivity index (χ1) is 32.5. The van der Waals surface area contributed by atoms with Gasteiger partial charge >= 0.3 is 7.82 Å². The van der Waals surface area contributed by atoms with E-state index in [9.17, 15) is 28.6 Å². The van der Waals surface area contributed by atoms with Crippen molar-refractivity contribution < 1.29 is 42.4 Å². The molecule has 4 aromatic rings. The monoisotopic (exact) mass is 1000 g/mol. The van der Waals surface area contributed by atoms with Crippen molar-refractivity contribution in [3.8, 4) is 11.1 Å². The van der Waals surface area contributed by atoms with Crippen LogP contribution >= 0.6 is 23.8 Å². The number of phosphoric ester groups is 1. The fourth-order valence-electron chi connectivity index (χ4n) is 7.73. The molecule has 2 aliphatic rings. The zero-order valence-corrected chi connectivity index (χ0v) is 40.4. The van der Waals surface area contributed by atoms with Gasteiger partial charge in [-0.15, -0.1) is 0 Å². The van der Waals surface area contributed by atoms with Crippen LogP contribution in [0.3, 0.4) is 0 Å². The number of nitrogens with zero attached hydrogens (tertiary/aromatic N) is 7. The molecule has 1 aromatic carbocycles. The van der Waals surface area contributed by atoms with Gasteiger partial charge < -0.3 is 24.7 Å². The van der Waals surface area contributed by atoms with Gasteiger partial charge in [0.15, 0.2) is 11.6 Å². The Morgan fingerprint density at radius 3 is 2.37 bits per heavy atom. The molecule has 0 bridgehead atoms. The molecule has 4 heterocycles. The van der Waals surface area contributed by atoms with Crippen LogP contribution in [0.2, 0.25) is 0 Å². The predicted octanol–water partition coefficient (Wildman–Crippen LogP) is 6.46. The van der Waals surface area contributed by atoms with Crippen molar-refractivity contribution in [3.63, 3.8) is 0 Å². The average Bonchev–Trinajstić information content (AvgIpc) is 3.69. The second-order valence-corrected chi connectivity index (χ2v) is 18.4. The van der Waals surface area contributed by atoms with Crippen LogP contribution in [0.5, 0.6) is 0 Å². The summed E-state index contributed by atoms with van der Waals surface area (Å²) < 4.78 is 29.4. The minimum Gasteiger partial charge on any atom is -0.487 e. The molecular formula is C49H46BrN8O9P. The van der Waals surface area contributed by atoms with Crippen LogP contribution in [0.1, 0.15) is 55.0 Å². The van der Waals surface area contributed by atoms with Gasteiger partial charge in [0, 0.05) is 68.0 Å². The molecule has 3 aromatic heterocycles. The molecule has 0 spiro atoms. The van der Waals surface area contributed by atoms with Gasteiger partial charge in [-0.25, -0.2) is 19.5 Å². The molecule has 6 rings (SSSR count). The van der Waals surface area contributed by atoms with E-state index >= 15 is 0 Å². The first kappa shape index (κ1) is 50.5. The third-order valence-electron chi connectivity index (χ3n) is 10.8. The number of aromatic nitrogens is 5. The zero-order chi connectivity index (χ0) is 49.0. The number of pyridine rings is 1. The van der Waals surface area contributed by atoms with Gasteiger partial charge in [0.1, 0.15) is 53.5 Å². The number of ketones is 2. The summed E-state index contributed by atoms with van der Waals surface area (Å²) in [6.07, 6.45) is 4.50. The summed E-state index contributed by atoms with van der Waals surface area (Å²) in [4.78, 5) is 80.6. The number of hydrogen-bond donors (Lipinski definition) is 2. The van der Waals surface area contributed by atoms with E-state index in [-0.39, 0.29) is 73.1 Å². The van der Waals surface area contributed by atoms with Gasteiger partial charge in [0.25, 0.3) is 0 Å². The average molecular weight is 1000 g/mol. The van der Waals surface area contributed by atoms with Crippen molar-refractivity contribution in [2.75, 3.05) is 45.8 Å². The smallest absolute Gasteiger partial charge is 0.472 e. The third kappa shape index (κ3) is 13.4. The summed E-state index contributed by atoms with van der Waals surface area (Å²) in [6, 6.07) is 8.16. The molecule has 2 N–H and O–H groups in total. The second kappa shape index (κ2) is 22.7. The first-order valence-electron chi connectivity index (χ1n) is 21.1. The molecule has 68 heavy (non-hydrogen) atoms. The number of likely N-dealkylation sites (tertiary alicyclic amines) is 1. The number of carbonyl (C=O) groups excluding carboxylic acids is 4. The molecule has 1 aliphatic carbocycles. The summed E-state index contributed by atoms with van der Waals surface area (Å²) >= 11 is 3.37. The molecule has 17 nitrogen and oxygen atoms in total. The number of piperidine rings is 1. The minimum atomic E-state index is -4.56. The van der Waals surface area contributed by atoms with Crippen molar-refractivity contribution in [2.45, 2.75) is 65.1 Å². The molecule has 0 radical (unpaired) electrons. The Morgan fingerprint density at radius 1 is 0.971 bits per heavy atom. The molecule has 2 amide bonds. The summed E-state index contributed by atoms with van der Waals surface area (Å²) in [5.41, 5.74) is 27.5. The number of allylic oxidation sites excluding steroid dienone is 1. The Labute approximate surface area is 400 Å². The van der Waals surface area contributed by atoms with Crippen LogP contribution in [-0.2, 0) is 45.7 Å². The lowest BCUT2D eigenvalue weighted by molar-refractivity contribution is -0.138. The molecule has 1 aliphatic heterocycles. The fraction of sp³-hybridized carbons (Fsp3) is 0.347. The number of carbonyl (C=O) groups is 4. The van der Waals surface area contributed by atoms with E-state index < -0.39 is 26.3 Å². The van der Waals surface area contributed by atoms with Crippen molar-refractivity contribution in [2.24, 2.45) is 5.41 Å². The molecule has 348 valence electrons. The maximum absolute atomic E-state index is 14.3. The number of anilines is 1. The molecule has 19 heteroatoms. The summed E-state index contributed by atoms with van der Waals surface area (Å²) in [7, 11) is -0.600. The van der Waals surface area contributed by atoms with Gasteiger partial charge in [0.05, 0.1) is 12.1 Å². The van der Waals surface area contributed by atoms with Gasteiger partial charge in [-0.05, 0) is 137 Å². The van der Waals surface area contributed by atoms with Crippen LogP contribution < -0.4 is 5.32 Å². The minimum absolute atomic E-state index is 0.0730. The molecule has 4 atom stereocenters. The number of halogens is 1. The maximum Gasteiger partial charge on any atom is 0.472 e. The third-order valence-corrected chi connectivity index (χ3v) is 12.2. The Balaban J connectivity index is 1.04. The Hall–Kier alpha value is -6.91. The van der Waals surface area contributed by atoms with E-state index in [0.717, 1.165) is 18.5 Å². The zero-order valence-electron chi connectivity index (χ0n) is 37.9. The Bertz CT molecular complexity index is 3120. The van der Waals surface area contributed by atoms with Crippen molar-refractivity contribution >= 4 is 63.9 Å². The van der Waals surface area contributed by atoms with Gasteiger partial charge in [0.2, 0.25) is 11.8 Å². The van der Waals surface area contributed by atoms with E-state index in [1.54, 1.807) is 42.4 Å². The van der Waals surface area contributed by atoms with Crippen LogP contribution in [0.25, 0.3) is 22.0 Å². The molecule has 1 unspecified atom stereocenters. The largest absolute Gasteiger partial charge is 0.487 e. The number of benzene rings is 1. The summed E-state index contributed by atoms with van der Waals surface area (Å²) in [5.74, 6) is -0.314. The highest BCUT2D eigenvalue weighted by molar-refractivity contribution is 9.10. The van der Waals surface area contributed by atoms with Crippen LogP contribution in [0.4, 0.5) is 5.82 Å². The lowest BCUT2D eigenvalue weighted by atomic mass is 9.98. The number of phosphoric acid groups is 1. The van der Waals surface area contributed by atoms with E-state index in [1.807, 2.05) is 33.2 Å². The first-order valence-corrected chi connectivity index (χ1v) is 23.4. The summed E-state index contributed by atoms with van der Waals surface area (Å²) in [6.45, 7) is 7.59. The molecule has 1 saturated heterocycles. The second-order valence-electron chi connectivity index (χ2n) is 16.1. The van der Waals surface area contributed by atoms with Gasteiger partial charge in [-0.1, -0.05) is 17.9 Å². The topological polar surface area (TPSA) is 208 Å². The van der Waals surface area contributed by atoms with Crippen LogP contribution in [-0.4, -0.2) is 115 Å². The van der Waals surface area contributed by atoms with E-state index in [0.29, 0.717) is 44.7 Å². The number of rotatable bonds is 19. The van der Waals surface area contributed by atoms with E-state index in [1.165, 1.54) is 11.6 Å². The van der Waals surface area contributed by atoms with Crippen LogP contribution in [0.15, 0.2) is 117 Å². The number of aryl methyl sites for hydroxylation is 2. The van der Waals surface area contributed by atoms with Gasteiger partial charge in [-0.2, -0.15) is 5.10 Å². The number of Topliss-reactive ketones (excluding diaryl/α,β-unsaturated/α-hetero) is 2. The highest BCUT2D eigenvalue weighted by Crippen LogP contribution is 2.60. The molecule has 2 fully saturated rings. The van der Waals surface area contributed by atoms with Gasteiger partial charge in [-0.3, -0.25) is 32.9 Å². The Morgan fingerprint density at radius 2 is 1.68 bits per heavy atom. The maximum atomic E-state index is 14.3. The number of amides is 2.